The molecular formula is C14H22O2SiZn-2. The Balaban J connectivity index is 0. The Morgan fingerprint density at radius 2 is 1.44 bits per heavy atom. The van der Waals surface area contributed by atoms with Crippen LogP contribution in [-0.4, -0.2) is 14.4 Å². The van der Waals surface area contributed by atoms with E-state index in [0.717, 1.165) is 0 Å². The van der Waals surface area contributed by atoms with Gasteiger partial charge in [-0.1, -0.05) is 40.4 Å². The molecule has 0 heterocycles. The van der Waals surface area contributed by atoms with Crippen LogP contribution in [0.15, 0.2) is 24.3 Å². The first kappa shape index (κ1) is 19.9. The van der Waals surface area contributed by atoms with E-state index >= 15 is 0 Å². The van der Waals surface area contributed by atoms with Gasteiger partial charge in [0.05, 0.1) is 8.07 Å². The van der Waals surface area contributed by atoms with Crippen LogP contribution < -0.4 is 5.19 Å². The van der Waals surface area contributed by atoms with Crippen molar-refractivity contribution in [2.45, 2.75) is 40.4 Å². The van der Waals surface area contributed by atoms with E-state index < -0.39 is 8.07 Å². The summed E-state index contributed by atoms with van der Waals surface area (Å²) in [6.45, 7) is 12.5. The van der Waals surface area contributed by atoms with Crippen molar-refractivity contribution in [3.63, 3.8) is 0 Å². The van der Waals surface area contributed by atoms with Crippen molar-refractivity contribution in [3.05, 3.63) is 30.3 Å². The van der Waals surface area contributed by atoms with Crippen molar-refractivity contribution in [1.82, 2.24) is 0 Å². The van der Waals surface area contributed by atoms with Gasteiger partial charge in [-0.2, -0.15) is 35.5 Å². The summed E-state index contributed by atoms with van der Waals surface area (Å²) < 4.78 is 8.38. The molecular weight excluding hydrogens is 294 g/mol. The van der Waals surface area contributed by atoms with E-state index in [9.17, 15) is 4.79 Å². The molecule has 0 atom stereocenters. The summed E-state index contributed by atoms with van der Waals surface area (Å²) in [4.78, 5) is 9.70. The number of hydrogen-bond acceptors (Lipinski definition) is 2. The molecule has 0 spiro atoms. The van der Waals surface area contributed by atoms with Crippen molar-refractivity contribution < 1.29 is 26.6 Å². The first-order valence-corrected chi connectivity index (χ1v) is 10.5. The Hall–Kier alpha value is -0.470. The van der Waals surface area contributed by atoms with Crippen molar-refractivity contribution in [1.29, 1.82) is 0 Å². The Labute approximate surface area is 122 Å². The van der Waals surface area contributed by atoms with E-state index in [1.165, 1.54) is 5.19 Å². The Morgan fingerprint density at radius 3 is 1.61 bits per heavy atom. The van der Waals surface area contributed by atoms with E-state index in [-0.39, 0.29) is 23.7 Å². The number of hydrogen-bond donors (Lipinski definition) is 0. The van der Waals surface area contributed by atoms with Gasteiger partial charge in [-0.15, -0.1) is 5.41 Å². The Bertz CT molecular complexity index is 326. The molecule has 0 aromatic heterocycles. The topological polar surface area (TPSA) is 34.1 Å². The summed E-state index contributed by atoms with van der Waals surface area (Å²) in [5.41, 5.74) is -0.264. The van der Waals surface area contributed by atoms with E-state index in [1.807, 2.05) is 39.2 Å². The summed E-state index contributed by atoms with van der Waals surface area (Å²) in [5, 5.41) is 1.51. The van der Waals surface area contributed by atoms with Crippen LogP contribution in [0.25, 0.3) is 0 Å². The van der Waals surface area contributed by atoms with Crippen LogP contribution in [0.5, 0.6) is 0 Å². The van der Waals surface area contributed by atoms with Gasteiger partial charge in [-0.05, 0) is 0 Å². The Kier molecular flexibility index (Phi) is 10.4. The number of benzene rings is 1. The molecule has 0 saturated heterocycles. The fraction of sp³-hybridized carbons (Fsp3) is 0.500. The van der Waals surface area contributed by atoms with Crippen LogP contribution in [0.1, 0.15) is 20.8 Å². The first-order valence-electron chi connectivity index (χ1n) is 5.81. The standard InChI is InChI=1S/C9H13Si.C5H9O.O.Zn/c1-10(2,3)9-7-5-4-6-8-9;1-5(2,3)4-6;;/h5-8H,1-3H3;1-3H3;;/q2*-1;;. The molecule has 1 aromatic rings. The maximum atomic E-state index is 9.70. The Morgan fingerprint density at radius 1 is 1.11 bits per heavy atom. The first-order chi connectivity index (χ1) is 8.17. The van der Waals surface area contributed by atoms with Gasteiger partial charge in [-0.3, -0.25) is 6.29 Å². The SMILES string of the molecule is CC(C)(C)[C-]=O.C[Si](C)(C)c1cc[c-]cc1.[O]=[Zn]. The predicted molar refractivity (Wildman–Crippen MR) is 74.1 cm³/mol. The second kappa shape index (κ2) is 9.46. The normalized spacial score (nSPS) is 10.4. The molecule has 0 bridgehead atoms. The molecule has 0 unspecified atom stereocenters. The molecule has 0 saturated carbocycles. The zero-order valence-electron chi connectivity index (χ0n) is 12.3. The number of rotatable bonds is 1. The second-order valence-corrected chi connectivity index (χ2v) is 11.0. The van der Waals surface area contributed by atoms with E-state index in [1.54, 1.807) is 0 Å². The van der Waals surface area contributed by atoms with Gasteiger partial charge in [0.15, 0.2) is 0 Å². The molecule has 1 aromatic carbocycles. The summed E-state index contributed by atoms with van der Waals surface area (Å²) in [7, 11) is -1.05. The van der Waals surface area contributed by atoms with Crippen LogP contribution in [-0.2, 0) is 26.6 Å². The molecule has 1 rings (SSSR count). The third-order valence-electron chi connectivity index (χ3n) is 1.89. The zero-order valence-corrected chi connectivity index (χ0v) is 16.3. The van der Waals surface area contributed by atoms with Gasteiger partial charge in [0.25, 0.3) is 0 Å². The molecule has 0 radical (unpaired) electrons. The van der Waals surface area contributed by atoms with Gasteiger partial charge >= 0.3 is 21.8 Å². The number of carbonyl (C=O) groups excluding carboxylic acids is 1. The molecule has 98 valence electrons. The van der Waals surface area contributed by atoms with Crippen molar-refractivity contribution >= 4 is 19.5 Å². The van der Waals surface area contributed by atoms with Gasteiger partial charge in [0, 0.05) is 0 Å². The summed E-state index contributed by atoms with van der Waals surface area (Å²) in [6.07, 6.45) is 1.85. The predicted octanol–water partition coefficient (Wildman–Crippen LogP) is 3.05. The van der Waals surface area contributed by atoms with Gasteiger partial charge in [-0.25, -0.2) is 0 Å². The second-order valence-electron chi connectivity index (χ2n) is 5.89. The van der Waals surface area contributed by atoms with Gasteiger partial charge < -0.3 is 4.79 Å². The van der Waals surface area contributed by atoms with Gasteiger partial charge in [0.1, 0.15) is 0 Å². The minimum absolute atomic E-state index is 0.125. The molecule has 0 aliphatic heterocycles. The minimum atomic E-state index is -1.05. The molecule has 0 fully saturated rings. The van der Waals surface area contributed by atoms with Crippen LogP contribution in [0, 0.1) is 11.5 Å². The maximum absolute atomic E-state index is 9.70. The molecule has 18 heavy (non-hydrogen) atoms. The van der Waals surface area contributed by atoms with Crippen LogP contribution in [0.3, 0.4) is 0 Å². The van der Waals surface area contributed by atoms with Gasteiger partial charge in [0.2, 0.25) is 0 Å². The van der Waals surface area contributed by atoms with Crippen molar-refractivity contribution in [2.75, 3.05) is 0 Å². The molecule has 0 aliphatic rings. The van der Waals surface area contributed by atoms with E-state index in [2.05, 4.69) is 37.8 Å². The summed E-state index contributed by atoms with van der Waals surface area (Å²) in [6, 6.07) is 11.4. The molecule has 4 heteroatoms. The third-order valence-corrected chi connectivity index (χ3v) is 3.96. The van der Waals surface area contributed by atoms with Crippen molar-refractivity contribution in [2.24, 2.45) is 5.41 Å². The fourth-order valence-electron chi connectivity index (χ4n) is 0.887. The average Bonchev–Trinajstić information content (AvgIpc) is 2.32. The fourth-order valence-corrected chi connectivity index (χ4v) is 2.05. The monoisotopic (exact) mass is 314 g/mol. The molecule has 0 N–H and O–H groups in total. The van der Waals surface area contributed by atoms with E-state index in [0.29, 0.717) is 0 Å². The average molecular weight is 316 g/mol. The molecule has 0 aliphatic carbocycles. The van der Waals surface area contributed by atoms with Crippen LogP contribution >= 0.6 is 0 Å². The van der Waals surface area contributed by atoms with E-state index in [4.69, 9.17) is 3.57 Å². The van der Waals surface area contributed by atoms with Crippen LogP contribution in [0.2, 0.25) is 19.6 Å². The third kappa shape index (κ3) is 12.0. The molecule has 2 nitrogen and oxygen atoms in total. The summed E-state index contributed by atoms with van der Waals surface area (Å²) in [5.74, 6) is 0. The van der Waals surface area contributed by atoms with Crippen molar-refractivity contribution in [3.8, 4) is 0 Å². The quantitative estimate of drug-likeness (QED) is 0.589. The zero-order chi connectivity index (χ0) is 14.8. The van der Waals surface area contributed by atoms with Crippen LogP contribution in [0.4, 0.5) is 0 Å². The summed E-state index contributed by atoms with van der Waals surface area (Å²) >= 11 is 0.125. The molecule has 0 amide bonds.